The maximum atomic E-state index is 10.2. The molecule has 0 unspecified atom stereocenters. The molecule has 0 saturated heterocycles. The van der Waals surface area contributed by atoms with Gasteiger partial charge in [0.1, 0.15) is 0 Å². The number of hydrogen-bond donors (Lipinski definition) is 2. The number of hydrogen-bond acceptors (Lipinski definition) is 4. The van der Waals surface area contributed by atoms with Crippen LogP contribution < -0.4 is 14.8 Å². The van der Waals surface area contributed by atoms with E-state index in [1.807, 2.05) is 25.1 Å². The first-order valence-electron chi connectivity index (χ1n) is 5.91. The minimum absolute atomic E-state index is 0.00429. The van der Waals surface area contributed by atoms with Gasteiger partial charge in [0.25, 0.3) is 0 Å². The minimum atomic E-state index is -0.549. The molecular formula is C13H19NO3. The highest BCUT2D eigenvalue weighted by Crippen LogP contribution is 2.34. The summed E-state index contributed by atoms with van der Waals surface area (Å²) in [7, 11) is 0. The van der Waals surface area contributed by atoms with Crippen LogP contribution in [-0.4, -0.2) is 24.0 Å². The van der Waals surface area contributed by atoms with Gasteiger partial charge in [-0.05, 0) is 24.6 Å². The van der Waals surface area contributed by atoms with E-state index in [1.165, 1.54) is 0 Å². The topological polar surface area (TPSA) is 50.7 Å². The van der Waals surface area contributed by atoms with E-state index in [4.69, 9.17) is 9.47 Å². The fourth-order valence-electron chi connectivity index (χ4n) is 2.00. The molecule has 2 N–H and O–H groups in total. The van der Waals surface area contributed by atoms with E-state index < -0.39 is 6.10 Å². The van der Waals surface area contributed by atoms with Crippen molar-refractivity contribution in [3.8, 4) is 11.5 Å². The predicted molar refractivity (Wildman–Crippen MR) is 65.3 cm³/mol. The van der Waals surface area contributed by atoms with Crippen LogP contribution in [0.5, 0.6) is 11.5 Å². The SMILES string of the molecule is CC(C)N[C@H](C)[C@H](O)c1ccc2c(c1)OCO2. The molecule has 2 atom stereocenters. The van der Waals surface area contributed by atoms with Gasteiger partial charge >= 0.3 is 0 Å². The first kappa shape index (κ1) is 12.2. The van der Waals surface area contributed by atoms with Gasteiger partial charge in [-0.2, -0.15) is 0 Å². The monoisotopic (exact) mass is 237 g/mol. The normalized spacial score (nSPS) is 17.2. The van der Waals surface area contributed by atoms with Gasteiger partial charge in [-0.3, -0.25) is 0 Å². The highest BCUT2D eigenvalue weighted by atomic mass is 16.7. The second-order valence-electron chi connectivity index (χ2n) is 4.67. The Kier molecular flexibility index (Phi) is 3.54. The van der Waals surface area contributed by atoms with Crippen LogP contribution in [0.4, 0.5) is 0 Å². The first-order chi connectivity index (χ1) is 8.08. The molecule has 1 heterocycles. The average Bonchev–Trinajstić information content (AvgIpc) is 2.73. The summed E-state index contributed by atoms with van der Waals surface area (Å²) in [4.78, 5) is 0. The Balaban J connectivity index is 2.11. The fraction of sp³-hybridized carbons (Fsp3) is 0.538. The van der Waals surface area contributed by atoms with Gasteiger partial charge in [0, 0.05) is 12.1 Å². The molecule has 4 heteroatoms. The van der Waals surface area contributed by atoms with Crippen molar-refractivity contribution >= 4 is 0 Å². The molecule has 17 heavy (non-hydrogen) atoms. The van der Waals surface area contributed by atoms with E-state index in [9.17, 15) is 5.11 Å². The van der Waals surface area contributed by atoms with E-state index in [2.05, 4.69) is 19.2 Å². The number of fused-ring (bicyclic) bond motifs is 1. The Morgan fingerprint density at radius 1 is 1.18 bits per heavy atom. The molecule has 1 aliphatic rings. The van der Waals surface area contributed by atoms with E-state index in [-0.39, 0.29) is 12.8 Å². The third kappa shape index (κ3) is 2.70. The second kappa shape index (κ2) is 4.94. The average molecular weight is 237 g/mol. The van der Waals surface area contributed by atoms with Gasteiger partial charge in [-0.25, -0.2) is 0 Å². The lowest BCUT2D eigenvalue weighted by atomic mass is 10.0. The molecule has 0 aromatic heterocycles. The zero-order valence-electron chi connectivity index (χ0n) is 10.4. The summed E-state index contributed by atoms with van der Waals surface area (Å²) in [5.41, 5.74) is 0.843. The Hall–Kier alpha value is -1.26. The molecule has 4 nitrogen and oxygen atoms in total. The smallest absolute Gasteiger partial charge is 0.231 e. The third-order valence-corrected chi connectivity index (χ3v) is 2.81. The number of ether oxygens (including phenoxy) is 2. The molecule has 2 rings (SSSR count). The summed E-state index contributed by atoms with van der Waals surface area (Å²) < 4.78 is 10.5. The van der Waals surface area contributed by atoms with Crippen LogP contribution in [0, 0.1) is 0 Å². The van der Waals surface area contributed by atoms with Crippen molar-refractivity contribution in [3.05, 3.63) is 23.8 Å². The fourth-order valence-corrected chi connectivity index (χ4v) is 2.00. The number of rotatable bonds is 4. The van der Waals surface area contributed by atoms with Crippen LogP contribution in [0.2, 0.25) is 0 Å². The second-order valence-corrected chi connectivity index (χ2v) is 4.67. The maximum Gasteiger partial charge on any atom is 0.231 e. The molecule has 0 fully saturated rings. The van der Waals surface area contributed by atoms with Crippen molar-refractivity contribution in [1.82, 2.24) is 5.32 Å². The van der Waals surface area contributed by atoms with Crippen LogP contribution in [0.25, 0.3) is 0 Å². The lowest BCUT2D eigenvalue weighted by Gasteiger charge is -2.23. The summed E-state index contributed by atoms with van der Waals surface area (Å²) in [6.07, 6.45) is -0.549. The standard InChI is InChI=1S/C13H19NO3/c1-8(2)14-9(3)13(15)10-4-5-11-12(6-10)17-7-16-11/h4-6,8-9,13-15H,7H2,1-3H3/t9-,13+/m1/s1. The molecule has 0 radical (unpaired) electrons. The van der Waals surface area contributed by atoms with E-state index in [1.54, 1.807) is 0 Å². The van der Waals surface area contributed by atoms with Gasteiger partial charge < -0.3 is 19.9 Å². The van der Waals surface area contributed by atoms with E-state index in [0.29, 0.717) is 11.8 Å². The van der Waals surface area contributed by atoms with Gasteiger partial charge in [-0.15, -0.1) is 0 Å². The van der Waals surface area contributed by atoms with Crippen LogP contribution in [0.3, 0.4) is 0 Å². The summed E-state index contributed by atoms with van der Waals surface area (Å²) in [5.74, 6) is 1.45. The number of benzene rings is 1. The van der Waals surface area contributed by atoms with Crippen molar-refractivity contribution in [2.45, 2.75) is 39.0 Å². The van der Waals surface area contributed by atoms with Gasteiger partial charge in [0.2, 0.25) is 6.79 Å². The van der Waals surface area contributed by atoms with Crippen molar-refractivity contribution in [2.75, 3.05) is 6.79 Å². The van der Waals surface area contributed by atoms with Crippen molar-refractivity contribution in [1.29, 1.82) is 0 Å². The lowest BCUT2D eigenvalue weighted by molar-refractivity contribution is 0.131. The molecule has 0 amide bonds. The van der Waals surface area contributed by atoms with Crippen LogP contribution >= 0.6 is 0 Å². The van der Waals surface area contributed by atoms with E-state index in [0.717, 1.165) is 11.3 Å². The van der Waals surface area contributed by atoms with Crippen LogP contribution in [0.1, 0.15) is 32.4 Å². The van der Waals surface area contributed by atoms with Gasteiger partial charge in [0.05, 0.1) is 6.10 Å². The van der Waals surface area contributed by atoms with Crippen molar-refractivity contribution in [2.24, 2.45) is 0 Å². The number of nitrogens with one attached hydrogen (secondary N) is 1. The zero-order chi connectivity index (χ0) is 12.4. The summed E-state index contributed by atoms with van der Waals surface area (Å²) in [5, 5.41) is 13.5. The molecule has 1 aliphatic heterocycles. The minimum Gasteiger partial charge on any atom is -0.454 e. The van der Waals surface area contributed by atoms with Crippen molar-refractivity contribution in [3.63, 3.8) is 0 Å². The molecule has 0 bridgehead atoms. The molecule has 1 aromatic rings. The van der Waals surface area contributed by atoms with Gasteiger partial charge in [0.15, 0.2) is 11.5 Å². The Morgan fingerprint density at radius 3 is 2.59 bits per heavy atom. The number of aliphatic hydroxyl groups is 1. The molecule has 0 saturated carbocycles. The maximum absolute atomic E-state index is 10.2. The van der Waals surface area contributed by atoms with Crippen LogP contribution in [0.15, 0.2) is 18.2 Å². The molecule has 0 aliphatic carbocycles. The quantitative estimate of drug-likeness (QED) is 0.839. The van der Waals surface area contributed by atoms with E-state index >= 15 is 0 Å². The molecule has 0 spiro atoms. The van der Waals surface area contributed by atoms with Crippen LogP contribution in [-0.2, 0) is 0 Å². The first-order valence-corrected chi connectivity index (χ1v) is 5.91. The summed E-state index contributed by atoms with van der Waals surface area (Å²) in [6.45, 7) is 6.34. The summed E-state index contributed by atoms with van der Waals surface area (Å²) in [6, 6.07) is 5.88. The molecular weight excluding hydrogens is 218 g/mol. The predicted octanol–water partition coefficient (Wildman–Crippen LogP) is 1.84. The highest BCUT2D eigenvalue weighted by Gasteiger charge is 2.20. The Bertz CT molecular complexity index is 392. The van der Waals surface area contributed by atoms with Gasteiger partial charge in [-0.1, -0.05) is 19.9 Å². The Labute approximate surface area is 102 Å². The lowest BCUT2D eigenvalue weighted by Crippen LogP contribution is -2.36. The zero-order valence-corrected chi connectivity index (χ0v) is 10.4. The largest absolute Gasteiger partial charge is 0.454 e. The third-order valence-electron chi connectivity index (χ3n) is 2.81. The molecule has 1 aromatic carbocycles. The molecule has 94 valence electrons. The number of aliphatic hydroxyl groups excluding tert-OH is 1. The van der Waals surface area contributed by atoms with Crippen molar-refractivity contribution < 1.29 is 14.6 Å². The highest BCUT2D eigenvalue weighted by molar-refractivity contribution is 5.45. The summed E-state index contributed by atoms with van der Waals surface area (Å²) >= 11 is 0. The Morgan fingerprint density at radius 2 is 1.88 bits per heavy atom.